The van der Waals surface area contributed by atoms with Crippen molar-refractivity contribution in [3.8, 4) is 11.1 Å². The van der Waals surface area contributed by atoms with E-state index in [-0.39, 0.29) is 12.2 Å². The minimum Gasteiger partial charge on any atom is -0.758 e. The van der Waals surface area contributed by atoms with Gasteiger partial charge in [0.25, 0.3) is 0 Å². The molecular weight excluding hydrogens is 298 g/mol. The summed E-state index contributed by atoms with van der Waals surface area (Å²) in [6.45, 7) is 0. The van der Waals surface area contributed by atoms with E-state index in [1.54, 1.807) is 41.5 Å². The van der Waals surface area contributed by atoms with Gasteiger partial charge in [0, 0.05) is 30.1 Å². The fourth-order valence-corrected chi connectivity index (χ4v) is 2.41. The topological polar surface area (TPSA) is 56.1 Å². The van der Waals surface area contributed by atoms with Crippen molar-refractivity contribution in [1.82, 2.24) is 4.98 Å². The van der Waals surface area contributed by atoms with E-state index in [0.717, 1.165) is 11.1 Å². The Bertz CT molecular complexity index is 881. The highest BCUT2D eigenvalue weighted by molar-refractivity contribution is 6.02. The average molecular weight is 313 g/mol. The Balaban J connectivity index is 1.80. The third kappa shape index (κ3) is 3.51. The molecule has 0 saturated heterocycles. The molecule has 0 radical (unpaired) electrons. The van der Waals surface area contributed by atoms with Crippen molar-refractivity contribution in [3.63, 3.8) is 0 Å². The number of pyridine rings is 2. The highest BCUT2D eigenvalue weighted by atomic mass is 16.1. The molecule has 0 aliphatic rings. The van der Waals surface area contributed by atoms with Crippen LogP contribution in [-0.4, -0.2) is 16.6 Å². The van der Waals surface area contributed by atoms with Gasteiger partial charge >= 0.3 is 0 Å². The first-order valence-corrected chi connectivity index (χ1v) is 7.54. The molecule has 0 unspecified atom stereocenters. The molecule has 4 heteroatoms. The maximum atomic E-state index is 12.3. The first-order valence-electron chi connectivity index (χ1n) is 7.54. The molecule has 0 saturated carbocycles. The fourth-order valence-electron chi connectivity index (χ4n) is 2.41. The summed E-state index contributed by atoms with van der Waals surface area (Å²) in [6.07, 6.45) is 7.14. The number of rotatable bonds is 5. The van der Waals surface area contributed by atoms with Crippen LogP contribution in [0.5, 0.6) is 0 Å². The van der Waals surface area contributed by atoms with Crippen LogP contribution >= 0.6 is 0 Å². The van der Waals surface area contributed by atoms with Crippen molar-refractivity contribution in [2.45, 2.75) is 6.42 Å². The number of hydrogen-bond acceptors (Lipinski definition) is 2. The number of benzene rings is 1. The van der Waals surface area contributed by atoms with E-state index in [1.807, 2.05) is 42.5 Å². The number of carbonyl (C=O) groups excluding carboxylic acids is 1. The smallest absolute Gasteiger partial charge is 0.214 e. The molecule has 4 nitrogen and oxygen atoms in total. The molecule has 2 heterocycles. The molecular formula is C20H15N3O. The van der Waals surface area contributed by atoms with Crippen LogP contribution in [0.25, 0.3) is 22.2 Å². The van der Waals surface area contributed by atoms with Gasteiger partial charge in [0.2, 0.25) is 5.70 Å². The fraction of sp³-hybridized carbons (Fsp3) is 0.0500. The molecule has 0 aliphatic carbocycles. The molecule has 0 amide bonds. The van der Waals surface area contributed by atoms with Crippen LogP contribution in [-0.2, 0) is 0 Å². The summed E-state index contributed by atoms with van der Waals surface area (Å²) in [4.78, 5) is 16.3. The molecule has 3 rings (SSSR count). The number of carbonyl (C=O) groups is 1. The summed E-state index contributed by atoms with van der Waals surface area (Å²) in [5, 5.41) is 9.39. The van der Waals surface area contributed by atoms with E-state index in [1.165, 1.54) is 0 Å². The van der Waals surface area contributed by atoms with E-state index < -0.39 is 0 Å². The molecule has 0 atom stereocenters. The number of allylic oxidation sites excluding steroid dienone is 1. The Labute approximate surface area is 140 Å². The molecule has 0 aliphatic heterocycles. The third-order valence-electron chi connectivity index (χ3n) is 3.71. The van der Waals surface area contributed by atoms with E-state index >= 15 is 0 Å². The van der Waals surface area contributed by atoms with Gasteiger partial charge in [-0.15, -0.1) is 0 Å². The quantitative estimate of drug-likeness (QED) is 0.412. The van der Waals surface area contributed by atoms with Crippen molar-refractivity contribution >= 4 is 17.4 Å². The highest BCUT2D eigenvalue weighted by Gasteiger charge is 2.15. The zero-order valence-electron chi connectivity index (χ0n) is 13.0. The lowest BCUT2D eigenvalue weighted by Gasteiger charge is -2.03. The normalized spacial score (nSPS) is 10.0. The van der Waals surface area contributed by atoms with Gasteiger partial charge in [0.15, 0.2) is 18.2 Å². The molecule has 1 aromatic carbocycles. The van der Waals surface area contributed by atoms with Crippen molar-refractivity contribution in [3.05, 3.63) is 90.4 Å². The zero-order chi connectivity index (χ0) is 16.8. The summed E-state index contributed by atoms with van der Waals surface area (Å²) in [7, 11) is 0. The van der Waals surface area contributed by atoms with Gasteiger partial charge in [-0.05, 0) is 23.3 Å². The number of hydrogen-bond donors (Lipinski definition) is 0. The molecule has 116 valence electrons. The van der Waals surface area contributed by atoms with Gasteiger partial charge in [-0.25, -0.2) is 0 Å². The van der Waals surface area contributed by atoms with Crippen LogP contribution in [0, 0.1) is 0 Å². The van der Waals surface area contributed by atoms with E-state index in [0.29, 0.717) is 11.3 Å². The Morgan fingerprint density at radius 1 is 0.958 bits per heavy atom. The lowest BCUT2D eigenvalue weighted by molar-refractivity contribution is -0.580. The number of nitrogens with zero attached hydrogens (tertiary/aromatic N) is 3. The zero-order valence-corrected chi connectivity index (χ0v) is 13.0. The van der Waals surface area contributed by atoms with Crippen LogP contribution < -0.4 is 4.57 Å². The standard InChI is InChI=1S/C20H15N3O/c21-15-19(14-20(24)18-4-2-1-3-5-18)23-12-8-17(9-13-23)16-6-10-22-11-7-16/h1-13H,14H2. The molecule has 0 fully saturated rings. The Morgan fingerprint density at radius 3 is 2.21 bits per heavy atom. The predicted octanol–water partition coefficient (Wildman–Crippen LogP) is 3.39. The van der Waals surface area contributed by atoms with Crippen molar-refractivity contribution in [2.75, 3.05) is 0 Å². The first-order chi connectivity index (χ1) is 11.8. The maximum Gasteiger partial charge on any atom is 0.214 e. The molecule has 3 aromatic rings. The Hall–Kier alpha value is -3.36. The van der Waals surface area contributed by atoms with Crippen LogP contribution in [0.2, 0.25) is 0 Å². The average Bonchev–Trinajstić information content (AvgIpc) is 2.67. The lowest BCUT2D eigenvalue weighted by Crippen LogP contribution is -2.32. The largest absolute Gasteiger partial charge is 0.758 e. The van der Waals surface area contributed by atoms with E-state index in [4.69, 9.17) is 0 Å². The molecule has 0 bridgehead atoms. The van der Waals surface area contributed by atoms with Gasteiger partial charge in [-0.2, -0.15) is 10.4 Å². The predicted molar refractivity (Wildman–Crippen MR) is 93.3 cm³/mol. The second-order valence-corrected chi connectivity index (χ2v) is 5.25. The van der Waals surface area contributed by atoms with Crippen LogP contribution in [0.4, 0.5) is 0 Å². The van der Waals surface area contributed by atoms with Gasteiger partial charge in [-0.3, -0.25) is 9.78 Å². The van der Waals surface area contributed by atoms with Crippen molar-refractivity contribution in [1.29, 1.82) is 0 Å². The molecule has 24 heavy (non-hydrogen) atoms. The first kappa shape index (κ1) is 15.5. The summed E-state index contributed by atoms with van der Waals surface area (Å²) >= 11 is 0. The Kier molecular flexibility index (Phi) is 4.70. The molecule has 2 aromatic heterocycles. The highest BCUT2D eigenvalue weighted by Crippen LogP contribution is 2.16. The van der Waals surface area contributed by atoms with Crippen molar-refractivity contribution in [2.24, 2.45) is 0 Å². The van der Waals surface area contributed by atoms with E-state index in [2.05, 4.69) is 10.9 Å². The molecule has 0 N–H and O–H groups in total. The van der Waals surface area contributed by atoms with Gasteiger partial charge in [-0.1, -0.05) is 30.3 Å². The number of Topliss-reactive ketones (excluding diaryl/α,β-unsaturated/α-hetero) is 1. The third-order valence-corrected chi connectivity index (χ3v) is 3.71. The van der Waals surface area contributed by atoms with Crippen LogP contribution in [0.1, 0.15) is 16.8 Å². The van der Waals surface area contributed by atoms with Crippen LogP contribution in [0.3, 0.4) is 0 Å². The SMILES string of the molecule is [N-]=C=C(CC(=O)c1ccccc1)[n+]1ccc(-c2ccncc2)cc1. The molecule has 0 spiro atoms. The van der Waals surface area contributed by atoms with Crippen molar-refractivity contribution < 1.29 is 9.36 Å². The van der Waals surface area contributed by atoms with Gasteiger partial charge in [0.1, 0.15) is 6.42 Å². The minimum absolute atomic E-state index is 0.0692. The summed E-state index contributed by atoms with van der Waals surface area (Å²) in [5.74, 6) is 2.06. The minimum atomic E-state index is -0.0714. The number of aromatic nitrogens is 2. The monoisotopic (exact) mass is 313 g/mol. The number of ketones is 1. The van der Waals surface area contributed by atoms with Gasteiger partial charge < -0.3 is 5.41 Å². The van der Waals surface area contributed by atoms with Crippen LogP contribution in [0.15, 0.2) is 79.4 Å². The summed E-state index contributed by atoms with van der Waals surface area (Å²) < 4.78 is 1.69. The second-order valence-electron chi connectivity index (χ2n) is 5.25. The second kappa shape index (κ2) is 7.27. The lowest BCUT2D eigenvalue weighted by atomic mass is 10.1. The van der Waals surface area contributed by atoms with E-state index in [9.17, 15) is 10.2 Å². The Morgan fingerprint density at radius 2 is 1.58 bits per heavy atom. The maximum absolute atomic E-state index is 12.3. The summed E-state index contributed by atoms with van der Waals surface area (Å²) in [6, 6.07) is 16.7. The summed E-state index contributed by atoms with van der Waals surface area (Å²) in [5.41, 5.74) is 3.08. The van der Waals surface area contributed by atoms with Gasteiger partial charge in [0.05, 0.1) is 0 Å².